The standard InChI is InChI=1S/C21H19N5O2/c1-14-8-6-7-11-17(14)20-23-21-25(15(2)12-19(28)26(21)24-20)13-18(27)22-16-9-4-3-5-10-16/h3-12H,13H2,1-2H3,(H,22,27). The fourth-order valence-electron chi connectivity index (χ4n) is 3.10. The highest BCUT2D eigenvalue weighted by Gasteiger charge is 2.16. The van der Waals surface area contributed by atoms with Crippen LogP contribution in [-0.2, 0) is 11.3 Å². The molecular weight excluding hydrogens is 354 g/mol. The summed E-state index contributed by atoms with van der Waals surface area (Å²) in [5.74, 6) is 0.588. The summed E-state index contributed by atoms with van der Waals surface area (Å²) in [6.07, 6.45) is 0. The van der Waals surface area contributed by atoms with E-state index in [9.17, 15) is 9.59 Å². The number of para-hydroxylation sites is 1. The van der Waals surface area contributed by atoms with E-state index >= 15 is 0 Å². The van der Waals surface area contributed by atoms with Crippen LogP contribution < -0.4 is 10.9 Å². The van der Waals surface area contributed by atoms with Crippen molar-refractivity contribution in [2.45, 2.75) is 20.4 Å². The molecule has 0 aliphatic rings. The number of nitrogens with zero attached hydrogens (tertiary/aromatic N) is 4. The Balaban J connectivity index is 1.75. The van der Waals surface area contributed by atoms with Crippen molar-refractivity contribution >= 4 is 17.4 Å². The van der Waals surface area contributed by atoms with E-state index in [1.54, 1.807) is 11.5 Å². The molecule has 0 unspecified atom stereocenters. The monoisotopic (exact) mass is 373 g/mol. The Labute approximate surface area is 161 Å². The van der Waals surface area contributed by atoms with Crippen molar-refractivity contribution in [1.29, 1.82) is 0 Å². The van der Waals surface area contributed by atoms with Gasteiger partial charge in [-0.25, -0.2) is 0 Å². The third-order valence-electron chi connectivity index (χ3n) is 4.54. The Kier molecular flexibility index (Phi) is 4.49. The summed E-state index contributed by atoms with van der Waals surface area (Å²) in [7, 11) is 0. The Morgan fingerprint density at radius 2 is 1.75 bits per heavy atom. The van der Waals surface area contributed by atoms with Crippen molar-refractivity contribution < 1.29 is 4.79 Å². The maximum absolute atomic E-state index is 12.5. The molecule has 0 aliphatic heterocycles. The first-order valence-electron chi connectivity index (χ1n) is 8.91. The molecule has 4 aromatic rings. The van der Waals surface area contributed by atoms with Gasteiger partial charge in [-0.05, 0) is 31.5 Å². The van der Waals surface area contributed by atoms with Crippen molar-refractivity contribution in [3.05, 3.63) is 82.3 Å². The molecule has 2 aromatic carbocycles. The molecule has 1 amide bonds. The lowest BCUT2D eigenvalue weighted by Gasteiger charge is -2.11. The van der Waals surface area contributed by atoms with Gasteiger partial charge in [0.05, 0.1) is 0 Å². The number of nitrogens with one attached hydrogen (secondary N) is 1. The smallest absolute Gasteiger partial charge is 0.275 e. The molecule has 7 heteroatoms. The Bertz CT molecular complexity index is 1220. The van der Waals surface area contributed by atoms with Crippen molar-refractivity contribution in [3.8, 4) is 11.4 Å². The van der Waals surface area contributed by atoms with Crippen LogP contribution in [0.4, 0.5) is 5.69 Å². The SMILES string of the molecule is Cc1ccccc1-c1nc2n(CC(=O)Nc3ccccc3)c(C)cc(=O)n2n1. The number of rotatable bonds is 4. The van der Waals surface area contributed by atoms with Gasteiger partial charge in [-0.1, -0.05) is 42.5 Å². The van der Waals surface area contributed by atoms with Gasteiger partial charge in [0.1, 0.15) is 6.54 Å². The minimum atomic E-state index is -0.278. The first-order valence-corrected chi connectivity index (χ1v) is 8.91. The highest BCUT2D eigenvalue weighted by Crippen LogP contribution is 2.20. The normalized spacial score (nSPS) is 10.9. The third kappa shape index (κ3) is 3.29. The van der Waals surface area contributed by atoms with Crippen molar-refractivity contribution in [1.82, 2.24) is 19.2 Å². The molecule has 140 valence electrons. The number of aromatic nitrogens is 4. The van der Waals surface area contributed by atoms with Crippen LogP contribution in [0.5, 0.6) is 0 Å². The molecule has 7 nitrogen and oxygen atoms in total. The predicted octanol–water partition coefficient (Wildman–Crippen LogP) is 2.81. The Morgan fingerprint density at radius 1 is 1.04 bits per heavy atom. The van der Waals surface area contributed by atoms with Gasteiger partial charge in [-0.3, -0.25) is 9.59 Å². The minimum Gasteiger partial charge on any atom is -0.325 e. The molecule has 2 aromatic heterocycles. The lowest BCUT2D eigenvalue weighted by atomic mass is 10.1. The largest absolute Gasteiger partial charge is 0.325 e. The van der Waals surface area contributed by atoms with Gasteiger partial charge in [-0.2, -0.15) is 9.50 Å². The van der Waals surface area contributed by atoms with Crippen LogP contribution in [0, 0.1) is 13.8 Å². The lowest BCUT2D eigenvalue weighted by Crippen LogP contribution is -2.25. The number of carbonyl (C=O) groups is 1. The zero-order valence-corrected chi connectivity index (χ0v) is 15.6. The number of hydrogen-bond acceptors (Lipinski definition) is 4. The van der Waals surface area contributed by atoms with Gasteiger partial charge in [0.15, 0.2) is 5.82 Å². The number of benzene rings is 2. The van der Waals surface area contributed by atoms with Crippen LogP contribution >= 0.6 is 0 Å². The first-order chi connectivity index (χ1) is 13.5. The topological polar surface area (TPSA) is 81.3 Å². The zero-order valence-electron chi connectivity index (χ0n) is 15.6. The second kappa shape index (κ2) is 7.11. The van der Waals surface area contributed by atoms with E-state index in [-0.39, 0.29) is 18.0 Å². The van der Waals surface area contributed by atoms with Crippen molar-refractivity contribution in [2.75, 3.05) is 5.32 Å². The second-order valence-corrected chi connectivity index (χ2v) is 6.59. The molecule has 0 fully saturated rings. The molecule has 0 radical (unpaired) electrons. The van der Waals surface area contributed by atoms with Crippen LogP contribution in [0.15, 0.2) is 65.5 Å². The number of hydrogen-bond donors (Lipinski definition) is 1. The van der Waals surface area contributed by atoms with Crippen LogP contribution in [0.2, 0.25) is 0 Å². The van der Waals surface area contributed by atoms with Gasteiger partial charge in [0.2, 0.25) is 11.7 Å². The highest BCUT2D eigenvalue weighted by atomic mass is 16.2. The molecule has 0 saturated heterocycles. The number of anilines is 1. The average molecular weight is 373 g/mol. The first kappa shape index (κ1) is 17.7. The summed E-state index contributed by atoms with van der Waals surface area (Å²) in [5, 5.41) is 7.23. The quantitative estimate of drug-likeness (QED) is 0.596. The van der Waals surface area contributed by atoms with Crippen LogP contribution in [-0.4, -0.2) is 25.1 Å². The van der Waals surface area contributed by atoms with Gasteiger partial charge in [0.25, 0.3) is 5.56 Å². The molecule has 0 atom stereocenters. The molecular formula is C21H19N5O2. The van der Waals surface area contributed by atoms with Crippen LogP contribution in [0.25, 0.3) is 17.2 Å². The van der Waals surface area contributed by atoms with Crippen molar-refractivity contribution in [2.24, 2.45) is 0 Å². The number of fused-ring (bicyclic) bond motifs is 1. The molecule has 4 rings (SSSR count). The Hall–Kier alpha value is -3.74. The molecule has 1 N–H and O–H groups in total. The summed E-state index contributed by atoms with van der Waals surface area (Å²) in [6, 6.07) is 18.4. The minimum absolute atomic E-state index is 0.0242. The molecule has 0 aliphatic carbocycles. The van der Waals surface area contributed by atoms with E-state index in [0.717, 1.165) is 11.1 Å². The summed E-state index contributed by atoms with van der Waals surface area (Å²) >= 11 is 0. The molecule has 0 bridgehead atoms. The summed E-state index contributed by atoms with van der Waals surface area (Å²) < 4.78 is 2.93. The Morgan fingerprint density at radius 3 is 2.50 bits per heavy atom. The third-order valence-corrected chi connectivity index (χ3v) is 4.54. The average Bonchev–Trinajstić information content (AvgIpc) is 3.12. The summed E-state index contributed by atoms with van der Waals surface area (Å²) in [5.41, 5.74) is 2.94. The van der Waals surface area contributed by atoms with Gasteiger partial charge in [-0.15, -0.1) is 5.10 Å². The zero-order chi connectivity index (χ0) is 19.7. The van der Waals surface area contributed by atoms with Crippen LogP contribution in [0.3, 0.4) is 0 Å². The molecule has 2 heterocycles. The number of carbonyl (C=O) groups excluding carboxylic acids is 1. The van der Waals surface area contributed by atoms with E-state index in [4.69, 9.17) is 0 Å². The van der Waals surface area contributed by atoms with E-state index in [1.165, 1.54) is 10.6 Å². The maximum atomic E-state index is 12.5. The highest BCUT2D eigenvalue weighted by molar-refractivity contribution is 5.90. The van der Waals surface area contributed by atoms with Crippen LogP contribution in [0.1, 0.15) is 11.3 Å². The summed E-state index contributed by atoms with van der Waals surface area (Å²) in [6.45, 7) is 3.77. The molecule has 28 heavy (non-hydrogen) atoms. The van der Waals surface area contributed by atoms with E-state index in [2.05, 4.69) is 15.4 Å². The molecule has 0 saturated carbocycles. The number of aryl methyl sites for hydroxylation is 2. The van der Waals surface area contributed by atoms with Crippen molar-refractivity contribution in [3.63, 3.8) is 0 Å². The van der Waals surface area contributed by atoms with Gasteiger partial charge >= 0.3 is 0 Å². The van der Waals surface area contributed by atoms with E-state index < -0.39 is 0 Å². The second-order valence-electron chi connectivity index (χ2n) is 6.59. The predicted molar refractivity (Wildman–Crippen MR) is 107 cm³/mol. The van der Waals surface area contributed by atoms with Gasteiger partial charge in [0, 0.05) is 23.0 Å². The fraction of sp³-hybridized carbons (Fsp3) is 0.143. The van der Waals surface area contributed by atoms with E-state index in [0.29, 0.717) is 23.0 Å². The molecule has 0 spiro atoms. The number of amides is 1. The lowest BCUT2D eigenvalue weighted by molar-refractivity contribution is -0.116. The van der Waals surface area contributed by atoms with E-state index in [1.807, 2.05) is 61.5 Å². The maximum Gasteiger partial charge on any atom is 0.275 e. The van der Waals surface area contributed by atoms with Gasteiger partial charge < -0.3 is 9.88 Å². The fourth-order valence-corrected chi connectivity index (χ4v) is 3.10. The summed E-state index contributed by atoms with van der Waals surface area (Å²) in [4.78, 5) is 29.5.